The molecule has 0 atom stereocenters. The second kappa shape index (κ2) is 7.76. The predicted molar refractivity (Wildman–Crippen MR) is 103 cm³/mol. The molecular weight excluding hydrogens is 378 g/mol. The summed E-state index contributed by atoms with van der Waals surface area (Å²) in [7, 11) is -2.15. The lowest BCUT2D eigenvalue weighted by Crippen LogP contribution is -2.25. The Morgan fingerprint density at radius 1 is 1.00 bits per heavy atom. The molecule has 0 saturated heterocycles. The minimum Gasteiger partial charge on any atom is -0.326 e. The van der Waals surface area contributed by atoms with E-state index in [0.29, 0.717) is 11.4 Å². The number of halogens is 1. The molecule has 0 aliphatic carbocycles. The predicted octanol–water partition coefficient (Wildman–Crippen LogP) is 2.95. The molecule has 2 aromatic rings. The summed E-state index contributed by atoms with van der Waals surface area (Å²) in [6, 6.07) is 11.0. The van der Waals surface area contributed by atoms with Crippen LogP contribution in [0.15, 0.2) is 42.5 Å². The first-order valence-corrected chi connectivity index (χ1v) is 9.73. The Balaban J connectivity index is 2.21. The zero-order valence-corrected chi connectivity index (χ0v) is 16.0. The Hall–Kier alpha value is -2.58. The van der Waals surface area contributed by atoms with Crippen LogP contribution in [0.5, 0.6) is 0 Å². The van der Waals surface area contributed by atoms with Crippen molar-refractivity contribution in [3.8, 4) is 0 Å². The van der Waals surface area contributed by atoms with Crippen LogP contribution in [0.4, 0.5) is 17.1 Å². The summed E-state index contributed by atoms with van der Waals surface area (Å²) in [5.74, 6) is -0.609. The lowest BCUT2D eigenvalue weighted by atomic mass is 10.1. The summed E-state index contributed by atoms with van der Waals surface area (Å²) in [5.41, 5.74) is 1.60. The number of amides is 2. The number of anilines is 3. The molecule has 9 heteroatoms. The van der Waals surface area contributed by atoms with Gasteiger partial charge in [0.1, 0.15) is 0 Å². The molecule has 2 N–H and O–H groups in total. The zero-order chi connectivity index (χ0) is 19.5. The normalized spacial score (nSPS) is 10.9. The van der Waals surface area contributed by atoms with Crippen molar-refractivity contribution in [3.05, 3.63) is 53.1 Å². The highest BCUT2D eigenvalue weighted by molar-refractivity contribution is 7.92. The van der Waals surface area contributed by atoms with Crippen LogP contribution in [-0.4, -0.2) is 33.5 Å². The van der Waals surface area contributed by atoms with Crippen LogP contribution in [-0.2, 0) is 14.8 Å². The minimum atomic E-state index is -3.51. The van der Waals surface area contributed by atoms with E-state index >= 15 is 0 Å². The Kier molecular flexibility index (Phi) is 5.89. The van der Waals surface area contributed by atoms with E-state index in [1.807, 2.05) is 0 Å². The lowest BCUT2D eigenvalue weighted by molar-refractivity contribution is -0.114. The van der Waals surface area contributed by atoms with Crippen molar-refractivity contribution in [2.75, 3.05) is 28.2 Å². The van der Waals surface area contributed by atoms with Crippen molar-refractivity contribution < 1.29 is 18.0 Å². The molecule has 2 rings (SSSR count). The number of rotatable bonds is 5. The molecule has 0 aliphatic rings. The highest BCUT2D eigenvalue weighted by Crippen LogP contribution is 2.28. The second-order valence-corrected chi connectivity index (χ2v) is 8.03. The molecule has 0 fully saturated rings. The first-order valence-electron chi connectivity index (χ1n) is 7.50. The van der Waals surface area contributed by atoms with Gasteiger partial charge in [-0.05, 0) is 42.5 Å². The third kappa shape index (κ3) is 4.96. The van der Waals surface area contributed by atoms with E-state index in [2.05, 4.69) is 10.6 Å². The lowest BCUT2D eigenvalue weighted by Gasteiger charge is -2.18. The molecular formula is C17H18ClN3O4S. The maximum absolute atomic E-state index is 12.4. The molecule has 0 bridgehead atoms. The van der Waals surface area contributed by atoms with Gasteiger partial charge in [-0.3, -0.25) is 13.9 Å². The highest BCUT2D eigenvalue weighted by atomic mass is 35.5. The van der Waals surface area contributed by atoms with Crippen LogP contribution in [0.1, 0.15) is 17.3 Å². The van der Waals surface area contributed by atoms with Crippen molar-refractivity contribution in [2.45, 2.75) is 6.92 Å². The van der Waals surface area contributed by atoms with Crippen LogP contribution in [0, 0.1) is 0 Å². The molecule has 0 radical (unpaired) electrons. The van der Waals surface area contributed by atoms with Crippen molar-refractivity contribution >= 4 is 50.5 Å². The number of hydrogen-bond donors (Lipinski definition) is 2. The topological polar surface area (TPSA) is 95.6 Å². The highest BCUT2D eigenvalue weighted by Gasteiger charge is 2.17. The molecule has 0 unspecified atom stereocenters. The maximum Gasteiger partial charge on any atom is 0.255 e. The van der Waals surface area contributed by atoms with Gasteiger partial charge in [0.05, 0.1) is 17.0 Å². The molecule has 7 nitrogen and oxygen atoms in total. The van der Waals surface area contributed by atoms with E-state index in [0.717, 1.165) is 10.6 Å². The number of nitrogens with one attached hydrogen (secondary N) is 2. The van der Waals surface area contributed by atoms with E-state index in [-0.39, 0.29) is 22.2 Å². The van der Waals surface area contributed by atoms with Crippen molar-refractivity contribution in [1.29, 1.82) is 0 Å². The Morgan fingerprint density at radius 2 is 1.54 bits per heavy atom. The number of nitrogens with zero attached hydrogens (tertiary/aromatic N) is 1. The van der Waals surface area contributed by atoms with Crippen molar-refractivity contribution in [2.24, 2.45) is 0 Å². The van der Waals surface area contributed by atoms with Crippen LogP contribution < -0.4 is 14.9 Å². The fourth-order valence-corrected chi connectivity index (χ4v) is 2.92. The number of hydrogen-bond acceptors (Lipinski definition) is 4. The molecule has 138 valence electrons. The van der Waals surface area contributed by atoms with Gasteiger partial charge in [0.2, 0.25) is 15.9 Å². The van der Waals surface area contributed by atoms with E-state index in [1.165, 1.54) is 32.2 Å². The maximum atomic E-state index is 12.4. The molecule has 0 aliphatic heterocycles. The first kappa shape index (κ1) is 19.7. The molecule has 0 heterocycles. The number of carbonyl (C=O) groups excluding carboxylic acids is 2. The standard InChI is InChI=1S/C17H18ClN3O4S/c1-11(22)19-13-5-7-14(8-6-13)20-17(23)12-4-9-15(18)16(10-12)21(2)26(3,24)25/h4-10H,1-3H3,(H,19,22)(H,20,23). The molecule has 26 heavy (non-hydrogen) atoms. The summed E-state index contributed by atoms with van der Waals surface area (Å²) in [5, 5.41) is 5.55. The quantitative estimate of drug-likeness (QED) is 0.813. The van der Waals surface area contributed by atoms with Crippen LogP contribution >= 0.6 is 11.6 Å². The molecule has 2 aromatic carbocycles. The second-order valence-electron chi connectivity index (χ2n) is 5.61. The van der Waals surface area contributed by atoms with Crippen LogP contribution in [0.25, 0.3) is 0 Å². The van der Waals surface area contributed by atoms with Crippen molar-refractivity contribution in [3.63, 3.8) is 0 Å². The van der Waals surface area contributed by atoms with Gasteiger partial charge in [-0.25, -0.2) is 8.42 Å². The third-order valence-corrected chi connectivity index (χ3v) is 5.02. The minimum absolute atomic E-state index is 0.189. The van der Waals surface area contributed by atoms with Gasteiger partial charge < -0.3 is 10.6 Å². The van der Waals surface area contributed by atoms with Crippen molar-refractivity contribution in [1.82, 2.24) is 0 Å². The van der Waals surface area contributed by atoms with Gasteiger partial charge in [-0.15, -0.1) is 0 Å². The molecule has 0 spiro atoms. The van der Waals surface area contributed by atoms with E-state index in [1.54, 1.807) is 24.3 Å². The Bertz CT molecular complexity index is 943. The molecule has 0 aromatic heterocycles. The molecule has 0 saturated carbocycles. The smallest absolute Gasteiger partial charge is 0.255 e. The fraction of sp³-hybridized carbons (Fsp3) is 0.176. The summed E-state index contributed by atoms with van der Waals surface area (Å²) in [6.45, 7) is 1.40. The van der Waals surface area contributed by atoms with E-state index in [4.69, 9.17) is 11.6 Å². The van der Waals surface area contributed by atoms with Gasteiger partial charge in [-0.1, -0.05) is 11.6 Å². The van der Waals surface area contributed by atoms with E-state index < -0.39 is 15.9 Å². The molecule has 2 amide bonds. The number of benzene rings is 2. The van der Waals surface area contributed by atoms with Gasteiger partial charge in [-0.2, -0.15) is 0 Å². The monoisotopic (exact) mass is 395 g/mol. The SMILES string of the molecule is CC(=O)Nc1ccc(NC(=O)c2ccc(Cl)c(N(C)S(C)(=O)=O)c2)cc1. The van der Waals surface area contributed by atoms with Gasteiger partial charge >= 0.3 is 0 Å². The third-order valence-electron chi connectivity index (χ3n) is 3.51. The summed E-state index contributed by atoms with van der Waals surface area (Å²) >= 11 is 6.05. The average Bonchev–Trinajstić information content (AvgIpc) is 2.55. The van der Waals surface area contributed by atoms with Crippen LogP contribution in [0.3, 0.4) is 0 Å². The summed E-state index contributed by atoms with van der Waals surface area (Å²) < 4.78 is 24.4. The van der Waals surface area contributed by atoms with Gasteiger partial charge in [0, 0.05) is 30.9 Å². The summed E-state index contributed by atoms with van der Waals surface area (Å²) in [4.78, 5) is 23.4. The first-order chi connectivity index (χ1) is 12.1. The number of carbonyl (C=O) groups is 2. The summed E-state index contributed by atoms with van der Waals surface area (Å²) in [6.07, 6.45) is 1.05. The average molecular weight is 396 g/mol. The van der Waals surface area contributed by atoms with Gasteiger partial charge in [0.25, 0.3) is 5.91 Å². The largest absolute Gasteiger partial charge is 0.326 e. The Morgan fingerprint density at radius 3 is 2.04 bits per heavy atom. The van der Waals surface area contributed by atoms with Gasteiger partial charge in [0.15, 0.2) is 0 Å². The fourth-order valence-electron chi connectivity index (χ4n) is 2.12. The Labute approximate surface area is 157 Å². The number of sulfonamides is 1. The zero-order valence-electron chi connectivity index (χ0n) is 14.4. The van der Waals surface area contributed by atoms with E-state index in [9.17, 15) is 18.0 Å². The van der Waals surface area contributed by atoms with Crippen LogP contribution in [0.2, 0.25) is 5.02 Å².